The standard InChI is InChI=1S/C13H13ClF3NOS/c1-7-3-4-10(19-2)18-12(14)9-5-8(20-11(7)9)6-13(15,16)17/h4-5,7H,3,6H2,1-2H3. The van der Waals surface area contributed by atoms with Crippen molar-refractivity contribution in [3.63, 3.8) is 0 Å². The molecule has 2 rings (SSSR count). The molecule has 0 aliphatic carbocycles. The molecule has 1 atom stereocenters. The van der Waals surface area contributed by atoms with Gasteiger partial charge in [0.15, 0.2) is 0 Å². The van der Waals surface area contributed by atoms with Gasteiger partial charge in [0.1, 0.15) is 5.17 Å². The van der Waals surface area contributed by atoms with Crippen LogP contribution in [0.4, 0.5) is 13.2 Å². The number of methoxy groups -OCH3 is 1. The first-order valence-corrected chi connectivity index (χ1v) is 7.17. The molecule has 110 valence electrons. The fraction of sp³-hybridized carbons (Fsp3) is 0.462. The Hall–Kier alpha value is -1.01. The summed E-state index contributed by atoms with van der Waals surface area (Å²) in [6, 6.07) is 1.48. The second-order valence-corrected chi connectivity index (χ2v) is 6.09. The van der Waals surface area contributed by atoms with Crippen LogP contribution in [-0.4, -0.2) is 18.5 Å². The van der Waals surface area contributed by atoms with Crippen LogP contribution in [0.1, 0.15) is 34.6 Å². The van der Waals surface area contributed by atoms with Gasteiger partial charge in [0.25, 0.3) is 0 Å². The normalized spacial score (nSPS) is 19.6. The van der Waals surface area contributed by atoms with Crippen LogP contribution >= 0.6 is 22.9 Å². The lowest BCUT2D eigenvalue weighted by Crippen LogP contribution is -2.10. The molecule has 7 heteroatoms. The summed E-state index contributed by atoms with van der Waals surface area (Å²) in [6.45, 7) is 1.95. The Balaban J connectivity index is 2.41. The summed E-state index contributed by atoms with van der Waals surface area (Å²) >= 11 is 7.25. The van der Waals surface area contributed by atoms with Crippen molar-refractivity contribution >= 4 is 28.1 Å². The second kappa shape index (κ2) is 5.77. The molecular weight excluding hydrogens is 311 g/mol. The van der Waals surface area contributed by atoms with Crippen LogP contribution in [0.3, 0.4) is 0 Å². The first-order valence-electron chi connectivity index (χ1n) is 5.98. The number of alkyl halides is 3. The van der Waals surface area contributed by atoms with Gasteiger partial charge in [-0.3, -0.25) is 0 Å². The molecule has 0 spiro atoms. The van der Waals surface area contributed by atoms with E-state index in [4.69, 9.17) is 16.3 Å². The summed E-state index contributed by atoms with van der Waals surface area (Å²) in [5.74, 6) is 0.461. The maximum atomic E-state index is 12.5. The topological polar surface area (TPSA) is 21.6 Å². The molecule has 2 heterocycles. The molecule has 0 radical (unpaired) electrons. The van der Waals surface area contributed by atoms with Crippen LogP contribution in [0.5, 0.6) is 0 Å². The molecule has 0 saturated heterocycles. The predicted molar refractivity (Wildman–Crippen MR) is 74.6 cm³/mol. The molecule has 0 aromatic carbocycles. The number of halogens is 4. The molecule has 2 nitrogen and oxygen atoms in total. The molecule has 0 N–H and O–H groups in total. The summed E-state index contributed by atoms with van der Waals surface area (Å²) < 4.78 is 42.5. The van der Waals surface area contributed by atoms with Crippen molar-refractivity contribution in [2.75, 3.05) is 7.11 Å². The third-order valence-electron chi connectivity index (χ3n) is 2.92. The first-order chi connectivity index (χ1) is 9.30. The summed E-state index contributed by atoms with van der Waals surface area (Å²) in [5, 5.41) is 0.171. The highest BCUT2D eigenvalue weighted by Crippen LogP contribution is 2.37. The van der Waals surface area contributed by atoms with E-state index in [0.29, 0.717) is 17.9 Å². The van der Waals surface area contributed by atoms with E-state index in [-0.39, 0.29) is 16.0 Å². The highest BCUT2D eigenvalue weighted by molar-refractivity contribution is 7.12. The van der Waals surface area contributed by atoms with Crippen LogP contribution in [-0.2, 0) is 11.2 Å². The van der Waals surface area contributed by atoms with E-state index in [0.717, 1.165) is 16.2 Å². The number of fused-ring (bicyclic) bond motifs is 1. The summed E-state index contributed by atoms with van der Waals surface area (Å²) in [5.41, 5.74) is 0.575. The van der Waals surface area contributed by atoms with E-state index in [1.807, 2.05) is 6.92 Å². The van der Waals surface area contributed by atoms with E-state index < -0.39 is 12.6 Å². The van der Waals surface area contributed by atoms with Crippen molar-refractivity contribution in [3.05, 3.63) is 33.3 Å². The Kier molecular flexibility index (Phi) is 4.44. The summed E-state index contributed by atoms with van der Waals surface area (Å²) in [4.78, 5) is 5.18. The van der Waals surface area contributed by atoms with E-state index in [1.165, 1.54) is 13.2 Å². The number of thiophene rings is 1. The molecule has 0 bridgehead atoms. The van der Waals surface area contributed by atoms with Crippen molar-refractivity contribution in [1.82, 2.24) is 0 Å². The lowest BCUT2D eigenvalue weighted by molar-refractivity contribution is -0.126. The number of rotatable bonds is 2. The zero-order valence-corrected chi connectivity index (χ0v) is 12.5. The minimum absolute atomic E-state index is 0.0754. The summed E-state index contributed by atoms with van der Waals surface area (Å²) in [7, 11) is 1.48. The molecule has 1 aliphatic heterocycles. The molecule has 0 fully saturated rings. The molecule has 0 saturated carbocycles. The van der Waals surface area contributed by atoms with Crippen molar-refractivity contribution in [2.24, 2.45) is 4.99 Å². The van der Waals surface area contributed by atoms with Crippen LogP contribution in [0.15, 0.2) is 23.0 Å². The van der Waals surface area contributed by atoms with Crippen molar-refractivity contribution in [2.45, 2.75) is 31.9 Å². The van der Waals surface area contributed by atoms with Gasteiger partial charge < -0.3 is 4.74 Å². The lowest BCUT2D eigenvalue weighted by atomic mass is 10.0. The van der Waals surface area contributed by atoms with E-state index in [1.54, 1.807) is 6.08 Å². The maximum absolute atomic E-state index is 12.5. The Bertz CT molecular complexity index is 562. The van der Waals surface area contributed by atoms with Gasteiger partial charge in [0.2, 0.25) is 5.88 Å². The van der Waals surface area contributed by atoms with Gasteiger partial charge in [0, 0.05) is 15.3 Å². The summed E-state index contributed by atoms with van der Waals surface area (Å²) in [6.07, 6.45) is -2.72. The van der Waals surface area contributed by atoms with Crippen molar-refractivity contribution in [1.29, 1.82) is 0 Å². The van der Waals surface area contributed by atoms with E-state index in [2.05, 4.69) is 4.99 Å². The Morgan fingerprint density at radius 2 is 2.20 bits per heavy atom. The fourth-order valence-electron chi connectivity index (χ4n) is 1.99. The average Bonchev–Trinajstić information content (AvgIpc) is 2.73. The van der Waals surface area contributed by atoms with Gasteiger partial charge in [-0.15, -0.1) is 11.3 Å². The largest absolute Gasteiger partial charge is 0.481 e. The fourth-order valence-corrected chi connectivity index (χ4v) is 3.54. The van der Waals surface area contributed by atoms with Crippen LogP contribution in [0.25, 0.3) is 0 Å². The molecule has 1 aliphatic rings. The minimum atomic E-state index is -4.22. The molecule has 20 heavy (non-hydrogen) atoms. The van der Waals surface area contributed by atoms with Gasteiger partial charge in [-0.25, -0.2) is 4.99 Å². The Morgan fingerprint density at radius 3 is 2.80 bits per heavy atom. The zero-order valence-electron chi connectivity index (χ0n) is 10.9. The van der Waals surface area contributed by atoms with Gasteiger partial charge in [0.05, 0.1) is 13.5 Å². The van der Waals surface area contributed by atoms with E-state index >= 15 is 0 Å². The molecule has 1 unspecified atom stereocenters. The van der Waals surface area contributed by atoms with Gasteiger partial charge >= 0.3 is 6.18 Å². The third-order valence-corrected chi connectivity index (χ3v) is 4.57. The number of hydrogen-bond acceptors (Lipinski definition) is 3. The number of hydrogen-bond donors (Lipinski definition) is 0. The number of ether oxygens (including phenoxy) is 1. The number of nitrogens with zero attached hydrogens (tertiary/aromatic N) is 1. The molecule has 1 aromatic heterocycles. The number of aliphatic imine (C=N–C) groups is 1. The van der Waals surface area contributed by atoms with Gasteiger partial charge in [-0.1, -0.05) is 18.5 Å². The van der Waals surface area contributed by atoms with Crippen molar-refractivity contribution < 1.29 is 17.9 Å². The smallest absolute Gasteiger partial charge is 0.393 e. The lowest BCUT2D eigenvalue weighted by Gasteiger charge is -2.13. The Morgan fingerprint density at radius 1 is 1.50 bits per heavy atom. The predicted octanol–water partition coefficient (Wildman–Crippen LogP) is 4.83. The quantitative estimate of drug-likeness (QED) is 0.763. The van der Waals surface area contributed by atoms with E-state index in [9.17, 15) is 13.2 Å². The third kappa shape index (κ3) is 3.55. The highest BCUT2D eigenvalue weighted by atomic mass is 35.5. The Labute approximate surface area is 123 Å². The second-order valence-electron chi connectivity index (χ2n) is 4.57. The molecular formula is C13H13ClF3NOS. The van der Waals surface area contributed by atoms with Gasteiger partial charge in [-0.2, -0.15) is 13.2 Å². The average molecular weight is 324 g/mol. The first kappa shape index (κ1) is 15.4. The highest BCUT2D eigenvalue weighted by Gasteiger charge is 2.30. The SMILES string of the molecule is COC1=CCC(C)c2sc(CC(F)(F)F)cc2C(Cl)=N1. The minimum Gasteiger partial charge on any atom is -0.481 e. The molecule has 1 aromatic rings. The molecule has 0 amide bonds. The van der Waals surface area contributed by atoms with Crippen LogP contribution < -0.4 is 0 Å². The monoisotopic (exact) mass is 323 g/mol. The van der Waals surface area contributed by atoms with Crippen molar-refractivity contribution in [3.8, 4) is 0 Å². The van der Waals surface area contributed by atoms with Crippen LogP contribution in [0, 0.1) is 0 Å². The maximum Gasteiger partial charge on any atom is 0.393 e. The van der Waals surface area contributed by atoms with Gasteiger partial charge in [-0.05, 0) is 24.5 Å². The zero-order chi connectivity index (χ0) is 14.9. The number of allylic oxidation sites excluding steroid dienone is 1. The van der Waals surface area contributed by atoms with Crippen LogP contribution in [0.2, 0.25) is 0 Å².